The van der Waals surface area contributed by atoms with Crippen LogP contribution in [0.3, 0.4) is 0 Å². The summed E-state index contributed by atoms with van der Waals surface area (Å²) >= 11 is 0. The molecule has 0 aromatic heterocycles. The van der Waals surface area contributed by atoms with Crippen molar-refractivity contribution in [3.8, 4) is 0 Å². The summed E-state index contributed by atoms with van der Waals surface area (Å²) in [4.78, 5) is 13.8. The van der Waals surface area contributed by atoms with Gasteiger partial charge in [0.2, 0.25) is 0 Å². The molecule has 2 rings (SSSR count). The summed E-state index contributed by atoms with van der Waals surface area (Å²) in [6.45, 7) is 7.31. The van der Waals surface area contributed by atoms with E-state index < -0.39 is 0 Å². The molecule has 1 N–H and O–H groups in total. The van der Waals surface area contributed by atoms with Crippen molar-refractivity contribution in [1.82, 2.24) is 4.90 Å². The average molecular weight is 230 g/mol. The Hall–Kier alpha value is -1.77. The van der Waals surface area contributed by atoms with Crippen molar-refractivity contribution in [1.29, 1.82) is 0 Å². The Morgan fingerprint density at radius 2 is 2.29 bits per heavy atom. The lowest BCUT2D eigenvalue weighted by molar-refractivity contribution is 0.0807. The third kappa shape index (κ3) is 2.49. The van der Waals surface area contributed by atoms with Crippen molar-refractivity contribution in [3.05, 3.63) is 41.5 Å². The second-order valence-corrected chi connectivity index (χ2v) is 4.67. The third-order valence-electron chi connectivity index (χ3n) is 2.92. The fraction of sp³-hybridized carbons (Fsp3) is 0.357. The standard InChI is InChI=1S/C14H18N2O/c1-10(2)9-16(3)14(17)12-5-4-11-6-7-15-13(11)8-12/h4-5,8,15H,1,6-7,9H2,2-3H3. The number of benzene rings is 1. The number of nitrogens with one attached hydrogen (secondary N) is 1. The Kier molecular flexibility index (Phi) is 3.18. The number of rotatable bonds is 3. The molecule has 0 saturated carbocycles. The number of nitrogens with zero attached hydrogens (tertiary/aromatic N) is 1. The highest BCUT2D eigenvalue weighted by Crippen LogP contribution is 2.23. The van der Waals surface area contributed by atoms with Gasteiger partial charge in [0, 0.05) is 31.4 Å². The van der Waals surface area contributed by atoms with Gasteiger partial charge >= 0.3 is 0 Å². The molecule has 0 saturated heterocycles. The lowest BCUT2D eigenvalue weighted by Crippen LogP contribution is -2.28. The minimum Gasteiger partial charge on any atom is -0.384 e. The fourth-order valence-electron chi connectivity index (χ4n) is 2.12. The van der Waals surface area contributed by atoms with Gasteiger partial charge in [-0.25, -0.2) is 0 Å². The number of anilines is 1. The van der Waals surface area contributed by atoms with Crippen molar-refractivity contribution in [2.45, 2.75) is 13.3 Å². The number of fused-ring (bicyclic) bond motifs is 1. The molecule has 1 amide bonds. The first kappa shape index (κ1) is 11.7. The summed E-state index contributed by atoms with van der Waals surface area (Å²) in [5.74, 6) is 0.0458. The van der Waals surface area contributed by atoms with Crippen LogP contribution in [0, 0.1) is 0 Å². The Morgan fingerprint density at radius 3 is 3.00 bits per heavy atom. The Morgan fingerprint density at radius 1 is 1.53 bits per heavy atom. The first-order chi connectivity index (χ1) is 8.08. The molecule has 0 radical (unpaired) electrons. The van der Waals surface area contributed by atoms with Gasteiger partial charge in [0.15, 0.2) is 0 Å². The SMILES string of the molecule is C=C(C)CN(C)C(=O)c1ccc2c(c1)NCC2. The highest BCUT2D eigenvalue weighted by molar-refractivity contribution is 5.95. The monoisotopic (exact) mass is 230 g/mol. The van der Waals surface area contributed by atoms with E-state index in [2.05, 4.69) is 11.9 Å². The third-order valence-corrected chi connectivity index (χ3v) is 2.92. The highest BCUT2D eigenvalue weighted by Gasteiger charge is 2.15. The molecule has 1 aliphatic heterocycles. The van der Waals surface area contributed by atoms with Crippen LogP contribution in [0.4, 0.5) is 5.69 Å². The van der Waals surface area contributed by atoms with Crippen LogP contribution >= 0.6 is 0 Å². The van der Waals surface area contributed by atoms with E-state index in [0.29, 0.717) is 6.54 Å². The first-order valence-electron chi connectivity index (χ1n) is 5.84. The van der Waals surface area contributed by atoms with Gasteiger partial charge in [-0.2, -0.15) is 0 Å². The summed E-state index contributed by atoms with van der Waals surface area (Å²) in [5, 5.41) is 3.29. The number of amides is 1. The Balaban J connectivity index is 2.17. The lowest BCUT2D eigenvalue weighted by atomic mass is 10.1. The second-order valence-electron chi connectivity index (χ2n) is 4.67. The van der Waals surface area contributed by atoms with E-state index in [1.54, 1.807) is 11.9 Å². The topological polar surface area (TPSA) is 32.3 Å². The molecule has 0 fully saturated rings. The molecule has 0 spiro atoms. The van der Waals surface area contributed by atoms with Crippen LogP contribution in [-0.4, -0.2) is 30.9 Å². The molecular formula is C14H18N2O. The van der Waals surface area contributed by atoms with Gasteiger partial charge < -0.3 is 10.2 Å². The molecule has 17 heavy (non-hydrogen) atoms. The zero-order chi connectivity index (χ0) is 12.4. The molecule has 0 unspecified atom stereocenters. The van der Waals surface area contributed by atoms with Crippen LogP contribution in [0.2, 0.25) is 0 Å². The van der Waals surface area contributed by atoms with Crippen LogP contribution in [0.25, 0.3) is 0 Å². The zero-order valence-electron chi connectivity index (χ0n) is 10.4. The smallest absolute Gasteiger partial charge is 0.253 e. The molecule has 3 heteroatoms. The number of hydrogen-bond donors (Lipinski definition) is 1. The van der Waals surface area contributed by atoms with Crippen LogP contribution in [0.1, 0.15) is 22.8 Å². The van der Waals surface area contributed by atoms with E-state index in [1.165, 1.54) is 5.56 Å². The van der Waals surface area contributed by atoms with Crippen LogP contribution < -0.4 is 5.32 Å². The number of carbonyl (C=O) groups excluding carboxylic acids is 1. The maximum atomic E-state index is 12.1. The van der Waals surface area contributed by atoms with Gasteiger partial charge in [0.1, 0.15) is 0 Å². The molecule has 0 bridgehead atoms. The normalized spacial score (nSPS) is 12.8. The quantitative estimate of drug-likeness (QED) is 0.808. The minimum atomic E-state index is 0.0458. The van der Waals surface area contributed by atoms with E-state index >= 15 is 0 Å². The van der Waals surface area contributed by atoms with Gasteiger partial charge in [0.05, 0.1) is 0 Å². The summed E-state index contributed by atoms with van der Waals surface area (Å²) in [7, 11) is 1.80. The van der Waals surface area contributed by atoms with Crippen molar-refractivity contribution in [2.24, 2.45) is 0 Å². The fourth-order valence-corrected chi connectivity index (χ4v) is 2.12. The predicted molar refractivity (Wildman–Crippen MR) is 70.4 cm³/mol. The molecule has 90 valence electrons. The first-order valence-corrected chi connectivity index (χ1v) is 5.84. The van der Waals surface area contributed by atoms with Crippen LogP contribution in [0.15, 0.2) is 30.4 Å². The highest BCUT2D eigenvalue weighted by atomic mass is 16.2. The number of carbonyl (C=O) groups is 1. The van der Waals surface area contributed by atoms with E-state index in [-0.39, 0.29) is 5.91 Å². The van der Waals surface area contributed by atoms with Crippen molar-refractivity contribution >= 4 is 11.6 Å². The van der Waals surface area contributed by atoms with Crippen molar-refractivity contribution in [2.75, 3.05) is 25.5 Å². The summed E-state index contributed by atoms with van der Waals surface area (Å²) in [6.07, 6.45) is 1.05. The minimum absolute atomic E-state index is 0.0458. The molecule has 1 aliphatic rings. The van der Waals surface area contributed by atoms with Gasteiger partial charge in [-0.15, -0.1) is 0 Å². The number of likely N-dealkylation sites (N-methyl/N-ethyl adjacent to an activating group) is 1. The van der Waals surface area contributed by atoms with Crippen LogP contribution in [-0.2, 0) is 6.42 Å². The molecule has 0 aliphatic carbocycles. The number of hydrogen-bond acceptors (Lipinski definition) is 2. The largest absolute Gasteiger partial charge is 0.384 e. The maximum Gasteiger partial charge on any atom is 0.253 e. The van der Waals surface area contributed by atoms with E-state index in [1.807, 2.05) is 25.1 Å². The molecule has 1 aromatic rings. The van der Waals surface area contributed by atoms with Crippen molar-refractivity contribution < 1.29 is 4.79 Å². The molecule has 0 atom stereocenters. The summed E-state index contributed by atoms with van der Waals surface area (Å²) in [5.41, 5.74) is 4.12. The van der Waals surface area contributed by atoms with Gasteiger partial charge in [-0.1, -0.05) is 18.2 Å². The zero-order valence-corrected chi connectivity index (χ0v) is 10.4. The van der Waals surface area contributed by atoms with E-state index in [4.69, 9.17) is 0 Å². The lowest BCUT2D eigenvalue weighted by Gasteiger charge is -2.17. The van der Waals surface area contributed by atoms with Crippen molar-refractivity contribution in [3.63, 3.8) is 0 Å². The van der Waals surface area contributed by atoms with Gasteiger partial charge in [0.25, 0.3) is 5.91 Å². The molecule has 1 heterocycles. The van der Waals surface area contributed by atoms with Gasteiger partial charge in [-0.05, 0) is 31.0 Å². The van der Waals surface area contributed by atoms with Crippen LogP contribution in [0.5, 0.6) is 0 Å². The molecule has 3 nitrogen and oxygen atoms in total. The predicted octanol–water partition coefficient (Wildman–Crippen LogP) is 2.30. The second kappa shape index (κ2) is 4.62. The molecule has 1 aromatic carbocycles. The summed E-state index contributed by atoms with van der Waals surface area (Å²) in [6, 6.07) is 5.89. The Bertz CT molecular complexity index is 465. The van der Waals surface area contributed by atoms with Gasteiger partial charge in [-0.3, -0.25) is 4.79 Å². The van der Waals surface area contributed by atoms with E-state index in [0.717, 1.165) is 29.8 Å². The molecular weight excluding hydrogens is 212 g/mol. The Labute approximate surface area is 102 Å². The summed E-state index contributed by atoms with van der Waals surface area (Å²) < 4.78 is 0. The maximum absolute atomic E-state index is 12.1. The average Bonchev–Trinajstić information content (AvgIpc) is 2.73. The van der Waals surface area contributed by atoms with E-state index in [9.17, 15) is 4.79 Å².